The van der Waals surface area contributed by atoms with E-state index in [-0.39, 0.29) is 41.9 Å². The van der Waals surface area contributed by atoms with Crippen LogP contribution in [0.25, 0.3) is 0 Å². The van der Waals surface area contributed by atoms with Gasteiger partial charge in [-0.15, -0.1) is 0 Å². The predicted molar refractivity (Wildman–Crippen MR) is 88.5 cm³/mol. The van der Waals surface area contributed by atoms with Crippen molar-refractivity contribution >= 4 is 11.8 Å². The lowest BCUT2D eigenvalue weighted by Crippen LogP contribution is -2.27. The molecule has 1 aliphatic rings. The molecule has 3 atom stereocenters. The minimum Gasteiger partial charge on any atom is -0.508 e. The Labute approximate surface area is 145 Å². The first-order valence-corrected chi connectivity index (χ1v) is 8.41. The maximum atomic E-state index is 12.4. The minimum absolute atomic E-state index is 0.0134. The van der Waals surface area contributed by atoms with E-state index in [9.17, 15) is 30.0 Å². The summed E-state index contributed by atoms with van der Waals surface area (Å²) in [5.74, 6) is -1.75. The number of esters is 1. The van der Waals surface area contributed by atoms with Crippen LogP contribution in [0.3, 0.4) is 0 Å². The van der Waals surface area contributed by atoms with Crippen molar-refractivity contribution in [1.82, 2.24) is 0 Å². The number of carbonyl (C=O) groups is 2. The van der Waals surface area contributed by atoms with E-state index >= 15 is 0 Å². The summed E-state index contributed by atoms with van der Waals surface area (Å²) in [4.78, 5) is 24.5. The van der Waals surface area contributed by atoms with Crippen LogP contribution in [0.2, 0.25) is 0 Å². The molecule has 0 amide bonds. The predicted octanol–water partition coefficient (Wildman–Crippen LogP) is 1.44. The number of ketones is 1. The Morgan fingerprint density at radius 3 is 2.44 bits per heavy atom. The van der Waals surface area contributed by atoms with Gasteiger partial charge >= 0.3 is 5.97 Å². The lowest BCUT2D eigenvalue weighted by atomic mass is 9.96. The number of cyclic esters (lactones) is 1. The maximum Gasteiger partial charge on any atom is 0.342 e. The Hall–Kier alpha value is -2.12. The number of ether oxygens (including phenoxy) is 1. The quantitative estimate of drug-likeness (QED) is 0.521. The molecule has 0 radical (unpaired) electrons. The zero-order valence-corrected chi connectivity index (χ0v) is 14.1. The molecule has 1 aromatic rings. The second-order valence-corrected chi connectivity index (χ2v) is 6.53. The molecule has 1 aliphatic heterocycles. The van der Waals surface area contributed by atoms with Crippen LogP contribution in [-0.4, -0.2) is 50.5 Å². The molecule has 1 aromatic carbocycles. The fourth-order valence-electron chi connectivity index (χ4n) is 2.95. The van der Waals surface area contributed by atoms with Gasteiger partial charge in [0.15, 0.2) is 0 Å². The van der Waals surface area contributed by atoms with E-state index in [0.717, 1.165) is 6.07 Å². The average molecular weight is 352 g/mol. The van der Waals surface area contributed by atoms with Crippen LogP contribution in [0.5, 0.6) is 11.5 Å². The number of aliphatic hydroxyl groups is 2. The highest BCUT2D eigenvalue weighted by Gasteiger charge is 2.25. The fraction of sp³-hybridized carbons (Fsp3) is 0.556. The summed E-state index contributed by atoms with van der Waals surface area (Å²) < 4.78 is 5.30. The van der Waals surface area contributed by atoms with Crippen LogP contribution in [-0.2, 0) is 16.0 Å². The number of carbonyl (C=O) groups excluding carboxylic acids is 2. The highest BCUT2D eigenvalue weighted by atomic mass is 16.5. The third-order valence-electron chi connectivity index (χ3n) is 4.36. The fourth-order valence-corrected chi connectivity index (χ4v) is 2.95. The highest BCUT2D eigenvalue weighted by Crippen LogP contribution is 2.29. The first-order chi connectivity index (χ1) is 11.8. The van der Waals surface area contributed by atoms with E-state index in [4.69, 9.17) is 4.74 Å². The lowest BCUT2D eigenvalue weighted by molar-refractivity contribution is -0.119. The molecule has 2 rings (SSSR count). The van der Waals surface area contributed by atoms with Crippen molar-refractivity contribution in [2.24, 2.45) is 0 Å². The van der Waals surface area contributed by atoms with Crippen molar-refractivity contribution < 1.29 is 34.8 Å². The molecule has 25 heavy (non-hydrogen) atoms. The smallest absolute Gasteiger partial charge is 0.342 e. The molecule has 7 nitrogen and oxygen atoms in total. The van der Waals surface area contributed by atoms with E-state index in [1.165, 1.54) is 6.07 Å². The minimum atomic E-state index is -0.998. The molecule has 0 aromatic heterocycles. The molecule has 0 saturated heterocycles. The first-order valence-electron chi connectivity index (χ1n) is 8.41. The van der Waals surface area contributed by atoms with Gasteiger partial charge in [-0.3, -0.25) is 4.79 Å². The van der Waals surface area contributed by atoms with Crippen LogP contribution in [0, 0.1) is 0 Å². The molecule has 0 spiro atoms. The summed E-state index contributed by atoms with van der Waals surface area (Å²) in [6.45, 7) is 1.69. The van der Waals surface area contributed by atoms with Crippen LogP contribution in [0.1, 0.15) is 54.9 Å². The third-order valence-corrected chi connectivity index (χ3v) is 4.36. The number of phenols is 2. The van der Waals surface area contributed by atoms with Crippen LogP contribution >= 0.6 is 0 Å². The molecule has 0 bridgehead atoms. The van der Waals surface area contributed by atoms with E-state index in [0.29, 0.717) is 19.3 Å². The Balaban J connectivity index is 2.32. The van der Waals surface area contributed by atoms with Crippen molar-refractivity contribution in [1.29, 1.82) is 0 Å². The van der Waals surface area contributed by atoms with Crippen molar-refractivity contribution in [2.75, 3.05) is 0 Å². The topological polar surface area (TPSA) is 124 Å². The molecule has 0 fully saturated rings. The Morgan fingerprint density at radius 1 is 1.04 bits per heavy atom. The van der Waals surface area contributed by atoms with Gasteiger partial charge < -0.3 is 25.2 Å². The van der Waals surface area contributed by atoms with Crippen molar-refractivity contribution in [3.8, 4) is 11.5 Å². The largest absolute Gasteiger partial charge is 0.508 e. The lowest BCUT2D eigenvalue weighted by Gasteiger charge is -2.20. The molecule has 4 N–H and O–H groups in total. The molecule has 7 heteroatoms. The maximum absolute atomic E-state index is 12.4. The van der Waals surface area contributed by atoms with Crippen LogP contribution in [0.4, 0.5) is 0 Å². The number of aliphatic hydroxyl groups excluding tert-OH is 2. The van der Waals surface area contributed by atoms with Gasteiger partial charge in [-0.1, -0.05) is 0 Å². The number of hydrogen-bond donors (Lipinski definition) is 4. The van der Waals surface area contributed by atoms with Gasteiger partial charge in [0.25, 0.3) is 0 Å². The van der Waals surface area contributed by atoms with Gasteiger partial charge in [0.05, 0.1) is 18.3 Å². The van der Waals surface area contributed by atoms with E-state index in [2.05, 4.69) is 0 Å². The number of phenolic OH excluding ortho intramolecular Hbond substituents is 2. The van der Waals surface area contributed by atoms with Crippen LogP contribution in [0.15, 0.2) is 12.1 Å². The van der Waals surface area contributed by atoms with Gasteiger partial charge in [0.2, 0.25) is 0 Å². The molecule has 0 aliphatic carbocycles. The Kier molecular flexibility index (Phi) is 6.39. The summed E-state index contributed by atoms with van der Waals surface area (Å²) in [6, 6.07) is 2.27. The SMILES string of the molecule is C[C@H]1CCC[C@@H](O)[C@@H](O)CCC(=O)Cc2cc(O)cc(O)c2C(=O)O1. The van der Waals surface area contributed by atoms with Crippen molar-refractivity contribution in [3.05, 3.63) is 23.3 Å². The van der Waals surface area contributed by atoms with Crippen molar-refractivity contribution in [2.45, 2.75) is 63.8 Å². The number of aromatic hydroxyl groups is 2. The second-order valence-electron chi connectivity index (χ2n) is 6.53. The number of Topliss-reactive ketones (excluding diaryl/α,β-unsaturated/α-hetero) is 1. The van der Waals surface area contributed by atoms with Crippen LogP contribution < -0.4 is 0 Å². The second kappa shape index (κ2) is 8.31. The van der Waals surface area contributed by atoms with Gasteiger partial charge in [-0.25, -0.2) is 4.79 Å². The summed E-state index contributed by atoms with van der Waals surface area (Å²) in [5, 5.41) is 39.5. The summed E-state index contributed by atoms with van der Waals surface area (Å²) in [6.07, 6.45) is -1.09. The molecule has 0 saturated carbocycles. The first kappa shape index (κ1) is 19.2. The average Bonchev–Trinajstić information content (AvgIpc) is 2.50. The zero-order chi connectivity index (χ0) is 18.6. The molecular formula is C18H24O7. The highest BCUT2D eigenvalue weighted by molar-refractivity contribution is 5.96. The number of hydrogen-bond acceptors (Lipinski definition) is 7. The molecule has 138 valence electrons. The zero-order valence-electron chi connectivity index (χ0n) is 14.1. The van der Waals surface area contributed by atoms with E-state index < -0.39 is 30.0 Å². The van der Waals surface area contributed by atoms with E-state index in [1.807, 2.05) is 0 Å². The normalized spacial score (nSPS) is 26.4. The summed E-state index contributed by atoms with van der Waals surface area (Å²) >= 11 is 0. The summed E-state index contributed by atoms with van der Waals surface area (Å²) in [7, 11) is 0. The molecule has 1 heterocycles. The number of benzene rings is 1. The van der Waals surface area contributed by atoms with Gasteiger partial charge in [0.1, 0.15) is 22.8 Å². The number of rotatable bonds is 0. The van der Waals surface area contributed by atoms with Crippen molar-refractivity contribution in [3.63, 3.8) is 0 Å². The Bertz CT molecular complexity index is 641. The standard InChI is InChI=1S/C18H24O7/c1-10-3-2-4-14(21)15(22)6-5-12(19)7-11-8-13(20)9-16(23)17(11)18(24)25-10/h8-10,14-15,20-23H,2-7H2,1H3/t10-,14+,15-/m0/s1. The molecule has 0 unspecified atom stereocenters. The summed E-state index contributed by atoms with van der Waals surface area (Å²) in [5.41, 5.74) is 0.0439. The number of fused-ring (bicyclic) bond motifs is 1. The van der Waals surface area contributed by atoms with Gasteiger partial charge in [0, 0.05) is 18.9 Å². The van der Waals surface area contributed by atoms with Gasteiger partial charge in [-0.05, 0) is 44.2 Å². The monoisotopic (exact) mass is 352 g/mol. The molecular weight excluding hydrogens is 328 g/mol. The third kappa shape index (κ3) is 5.17. The Morgan fingerprint density at radius 2 is 1.72 bits per heavy atom. The van der Waals surface area contributed by atoms with Gasteiger partial charge in [-0.2, -0.15) is 0 Å². The van der Waals surface area contributed by atoms with E-state index in [1.54, 1.807) is 6.92 Å².